The molecule has 0 unspecified atom stereocenters. The maximum absolute atomic E-state index is 14.6. The summed E-state index contributed by atoms with van der Waals surface area (Å²) in [5, 5.41) is 9.78. The van der Waals surface area contributed by atoms with Crippen molar-refractivity contribution in [2.45, 2.75) is 57.2 Å². The van der Waals surface area contributed by atoms with Gasteiger partial charge in [0.05, 0.1) is 27.9 Å². The molecule has 2 fully saturated rings. The molecular formula is C39H38ClF3N4O3. The third kappa shape index (κ3) is 6.90. The molecule has 4 heterocycles. The largest absolute Gasteiger partial charge is 0.388 e. The number of aromatic nitrogens is 4. The number of halogens is 4. The normalized spacial score (nSPS) is 15.8. The molecule has 2 aliphatic rings. The van der Waals surface area contributed by atoms with E-state index in [4.69, 9.17) is 21.1 Å². The molecule has 2 aromatic heterocycles. The topological polar surface area (TPSA) is 74.3 Å². The predicted molar refractivity (Wildman–Crippen MR) is 189 cm³/mol. The highest BCUT2D eigenvalue weighted by molar-refractivity contribution is 6.16. The van der Waals surface area contributed by atoms with Crippen molar-refractivity contribution in [2.75, 3.05) is 26.4 Å². The maximum atomic E-state index is 14.6. The van der Waals surface area contributed by atoms with Crippen LogP contribution in [-0.2, 0) is 22.0 Å². The summed E-state index contributed by atoms with van der Waals surface area (Å²) in [7, 11) is 0. The van der Waals surface area contributed by atoms with Gasteiger partial charge in [-0.25, -0.2) is 23.1 Å². The van der Waals surface area contributed by atoms with E-state index in [1.165, 1.54) is 30.3 Å². The van der Waals surface area contributed by atoms with Crippen molar-refractivity contribution in [2.24, 2.45) is 0 Å². The van der Waals surface area contributed by atoms with Crippen LogP contribution in [0.4, 0.5) is 13.2 Å². The fraction of sp³-hybridized carbons (Fsp3) is 0.333. The van der Waals surface area contributed by atoms with Gasteiger partial charge in [0.15, 0.2) is 0 Å². The summed E-state index contributed by atoms with van der Waals surface area (Å²) < 4.78 is 56.2. The SMILES string of the molecule is Cc1cc2nc(CO)n(C3CCOCC3)c2cc1-c1ccc(F)cc1.Fc1ccc(-c2cc3c(cc2F)nc(CCl)n3C2CCOCC2)cc1. The molecule has 8 rings (SSSR count). The second-order valence-corrected chi connectivity index (χ2v) is 13.0. The lowest BCUT2D eigenvalue weighted by atomic mass is 9.99. The number of nitrogens with zero attached hydrogens (tertiary/aromatic N) is 4. The smallest absolute Gasteiger partial charge is 0.135 e. The van der Waals surface area contributed by atoms with Crippen LogP contribution in [0, 0.1) is 24.4 Å². The Kier molecular flexibility index (Phi) is 10.2. The molecule has 1 N–H and O–H groups in total. The molecule has 0 saturated carbocycles. The number of hydrogen-bond acceptors (Lipinski definition) is 5. The lowest BCUT2D eigenvalue weighted by Gasteiger charge is -2.25. The van der Waals surface area contributed by atoms with E-state index >= 15 is 0 Å². The molecule has 0 bridgehead atoms. The van der Waals surface area contributed by atoms with Crippen molar-refractivity contribution in [3.8, 4) is 22.3 Å². The fourth-order valence-corrected chi connectivity index (χ4v) is 7.35. The fourth-order valence-electron chi connectivity index (χ4n) is 7.16. The Morgan fingerprint density at radius 2 is 1.14 bits per heavy atom. The van der Waals surface area contributed by atoms with Crippen LogP contribution in [0.1, 0.15) is 55.0 Å². The van der Waals surface area contributed by atoms with Gasteiger partial charge in [0.2, 0.25) is 0 Å². The number of benzene rings is 4. The number of rotatable bonds is 6. The van der Waals surface area contributed by atoms with Crippen LogP contribution in [0.3, 0.4) is 0 Å². The Morgan fingerprint density at radius 3 is 1.66 bits per heavy atom. The summed E-state index contributed by atoms with van der Waals surface area (Å²) in [6.07, 6.45) is 3.58. The predicted octanol–water partition coefficient (Wildman–Crippen LogP) is 9.07. The molecule has 6 aromatic rings. The molecule has 4 aromatic carbocycles. The van der Waals surface area contributed by atoms with Gasteiger partial charge in [-0.15, -0.1) is 11.6 Å². The van der Waals surface area contributed by atoms with Gasteiger partial charge in [0.1, 0.15) is 35.7 Å². The quantitative estimate of drug-likeness (QED) is 0.175. The minimum absolute atomic E-state index is 0.0863. The first kappa shape index (κ1) is 34.2. The molecule has 0 amide bonds. The molecule has 50 heavy (non-hydrogen) atoms. The van der Waals surface area contributed by atoms with Crippen molar-refractivity contribution in [3.05, 3.63) is 107 Å². The van der Waals surface area contributed by atoms with Crippen molar-refractivity contribution in [3.63, 3.8) is 0 Å². The molecule has 0 aliphatic carbocycles. The summed E-state index contributed by atoms with van der Waals surface area (Å²) in [6, 6.07) is 20.3. The van der Waals surface area contributed by atoms with Crippen LogP contribution in [0.2, 0.25) is 0 Å². The molecule has 260 valence electrons. The van der Waals surface area contributed by atoms with E-state index in [2.05, 4.69) is 25.2 Å². The summed E-state index contributed by atoms with van der Waals surface area (Å²) >= 11 is 6.09. The van der Waals surface area contributed by atoms with Crippen LogP contribution in [0.25, 0.3) is 44.3 Å². The average molecular weight is 703 g/mol. The third-order valence-electron chi connectivity index (χ3n) is 9.64. The Labute approximate surface area is 293 Å². The maximum Gasteiger partial charge on any atom is 0.135 e. The highest BCUT2D eigenvalue weighted by Crippen LogP contribution is 2.35. The standard InChI is InChI=1S/C20H21FN2O2.C19H17ClF2N2O/c1-13-10-18-19(11-17(13)14-2-4-15(21)5-3-14)23(20(12-24)22-18)16-6-8-25-9-7-16;20-11-19-23-17-10-16(22)15(12-1-3-13(21)4-2-12)9-18(17)24(19)14-5-7-25-8-6-14/h2-5,10-11,16,24H,6-9,12H2,1H3;1-4,9-10,14H,5-8,11H2. The lowest BCUT2D eigenvalue weighted by molar-refractivity contribution is 0.0687. The summed E-state index contributed by atoms with van der Waals surface area (Å²) in [6.45, 7) is 4.79. The summed E-state index contributed by atoms with van der Waals surface area (Å²) in [5.74, 6) is 0.729. The zero-order valence-corrected chi connectivity index (χ0v) is 28.5. The van der Waals surface area contributed by atoms with Gasteiger partial charge in [-0.1, -0.05) is 24.3 Å². The van der Waals surface area contributed by atoms with Gasteiger partial charge in [0.25, 0.3) is 0 Å². The summed E-state index contributed by atoms with van der Waals surface area (Å²) in [5.41, 5.74) is 7.53. The van der Waals surface area contributed by atoms with E-state index in [1.54, 1.807) is 30.3 Å². The highest BCUT2D eigenvalue weighted by Gasteiger charge is 2.24. The molecule has 2 saturated heterocycles. The van der Waals surface area contributed by atoms with Gasteiger partial charge < -0.3 is 23.7 Å². The van der Waals surface area contributed by atoms with Crippen molar-refractivity contribution in [1.82, 2.24) is 19.1 Å². The Balaban J connectivity index is 0.000000157. The highest BCUT2D eigenvalue weighted by atomic mass is 35.5. The van der Waals surface area contributed by atoms with Crippen LogP contribution in [0.5, 0.6) is 0 Å². The molecular weight excluding hydrogens is 665 g/mol. The second kappa shape index (κ2) is 14.9. The van der Waals surface area contributed by atoms with E-state index in [9.17, 15) is 18.3 Å². The Morgan fingerprint density at radius 1 is 0.680 bits per heavy atom. The monoisotopic (exact) mass is 702 g/mol. The molecule has 2 aliphatic heterocycles. The van der Waals surface area contributed by atoms with E-state index < -0.39 is 0 Å². The second-order valence-electron chi connectivity index (χ2n) is 12.8. The molecule has 0 radical (unpaired) electrons. The first-order valence-electron chi connectivity index (χ1n) is 16.9. The Bertz CT molecular complexity index is 1950. The van der Waals surface area contributed by atoms with E-state index in [-0.39, 0.29) is 42.0 Å². The number of fused-ring (bicyclic) bond motifs is 2. The van der Waals surface area contributed by atoms with Gasteiger partial charge in [0, 0.05) is 50.1 Å². The van der Waals surface area contributed by atoms with Crippen molar-refractivity contribution >= 4 is 33.7 Å². The number of ether oxygens (including phenoxy) is 2. The number of aliphatic hydroxyl groups is 1. The third-order valence-corrected chi connectivity index (χ3v) is 9.88. The number of aliphatic hydroxyl groups excluding tert-OH is 1. The first-order chi connectivity index (χ1) is 24.3. The molecule has 0 atom stereocenters. The Hall–Kier alpha value is -4.22. The van der Waals surface area contributed by atoms with Gasteiger partial charge in [-0.2, -0.15) is 0 Å². The zero-order valence-electron chi connectivity index (χ0n) is 27.7. The number of hydrogen-bond donors (Lipinski definition) is 1. The molecule has 7 nitrogen and oxygen atoms in total. The minimum atomic E-state index is -0.378. The van der Waals surface area contributed by atoms with E-state index in [1.807, 2.05) is 13.0 Å². The van der Waals surface area contributed by atoms with Crippen LogP contribution >= 0.6 is 11.6 Å². The average Bonchev–Trinajstić information content (AvgIpc) is 3.69. The zero-order chi connectivity index (χ0) is 34.8. The van der Waals surface area contributed by atoms with E-state index in [0.29, 0.717) is 35.7 Å². The van der Waals surface area contributed by atoms with Crippen LogP contribution in [-0.4, -0.2) is 50.6 Å². The van der Waals surface area contributed by atoms with E-state index in [0.717, 1.165) is 78.0 Å². The first-order valence-corrected chi connectivity index (χ1v) is 17.4. The number of alkyl halides is 1. The van der Waals surface area contributed by atoms with Crippen LogP contribution < -0.4 is 0 Å². The molecule has 11 heteroatoms. The minimum Gasteiger partial charge on any atom is -0.388 e. The van der Waals surface area contributed by atoms with Crippen LogP contribution in [0.15, 0.2) is 72.8 Å². The lowest BCUT2D eigenvalue weighted by Crippen LogP contribution is -2.21. The van der Waals surface area contributed by atoms with Crippen molar-refractivity contribution < 1.29 is 27.8 Å². The molecule has 0 spiro atoms. The van der Waals surface area contributed by atoms with Crippen molar-refractivity contribution in [1.29, 1.82) is 0 Å². The number of imidazole rings is 2. The summed E-state index contributed by atoms with van der Waals surface area (Å²) in [4.78, 5) is 9.13. The number of aryl methyl sites for hydroxylation is 1. The van der Waals surface area contributed by atoms with Gasteiger partial charge in [-0.3, -0.25) is 0 Å². The van der Waals surface area contributed by atoms with Gasteiger partial charge >= 0.3 is 0 Å². The van der Waals surface area contributed by atoms with Gasteiger partial charge in [-0.05, 0) is 97.3 Å².